The Labute approximate surface area is 177 Å². The van der Waals surface area contributed by atoms with Crippen LogP contribution in [0.2, 0.25) is 10.0 Å². The van der Waals surface area contributed by atoms with Crippen molar-refractivity contribution >= 4 is 38.9 Å². The Morgan fingerprint density at radius 3 is 2.21 bits per heavy atom. The number of rotatable bonds is 6. The SMILES string of the molecule is O=S(=O)(c1ccc(Cl)cc1)c1nc(-c2ccco2)oc1NCc1ccc(Cl)cc1. The predicted molar refractivity (Wildman–Crippen MR) is 110 cm³/mol. The number of benzene rings is 2. The molecule has 9 heteroatoms. The maximum Gasteiger partial charge on any atom is 0.266 e. The van der Waals surface area contributed by atoms with E-state index >= 15 is 0 Å². The Kier molecular flexibility index (Phi) is 5.36. The highest BCUT2D eigenvalue weighted by molar-refractivity contribution is 7.91. The van der Waals surface area contributed by atoms with Crippen LogP contribution in [0.3, 0.4) is 0 Å². The average Bonchev–Trinajstić information content (AvgIpc) is 3.38. The number of hydrogen-bond acceptors (Lipinski definition) is 6. The molecule has 0 radical (unpaired) electrons. The van der Waals surface area contributed by atoms with E-state index in [-0.39, 0.29) is 21.7 Å². The van der Waals surface area contributed by atoms with E-state index in [4.69, 9.17) is 32.0 Å². The number of sulfone groups is 1. The van der Waals surface area contributed by atoms with Crippen LogP contribution in [-0.2, 0) is 16.4 Å². The van der Waals surface area contributed by atoms with Crippen molar-refractivity contribution in [2.45, 2.75) is 16.5 Å². The molecule has 0 saturated carbocycles. The summed E-state index contributed by atoms with van der Waals surface area (Å²) in [6.07, 6.45) is 1.45. The third-order valence-electron chi connectivity index (χ3n) is 4.07. The van der Waals surface area contributed by atoms with Gasteiger partial charge in [-0.2, -0.15) is 4.98 Å². The summed E-state index contributed by atoms with van der Waals surface area (Å²) in [6.45, 7) is 0.313. The van der Waals surface area contributed by atoms with Gasteiger partial charge in [0.25, 0.3) is 5.89 Å². The van der Waals surface area contributed by atoms with Gasteiger partial charge < -0.3 is 14.2 Å². The Morgan fingerprint density at radius 1 is 0.931 bits per heavy atom. The molecule has 4 rings (SSSR count). The van der Waals surface area contributed by atoms with Gasteiger partial charge in [-0.3, -0.25) is 0 Å². The first-order chi connectivity index (χ1) is 13.9. The molecule has 0 aliphatic rings. The van der Waals surface area contributed by atoms with Gasteiger partial charge in [0.15, 0.2) is 5.76 Å². The Balaban J connectivity index is 1.73. The van der Waals surface area contributed by atoms with Gasteiger partial charge in [0.1, 0.15) is 0 Å². The van der Waals surface area contributed by atoms with Crippen molar-refractivity contribution in [1.82, 2.24) is 4.98 Å². The largest absolute Gasteiger partial charge is 0.459 e. The van der Waals surface area contributed by atoms with Gasteiger partial charge in [-0.1, -0.05) is 35.3 Å². The van der Waals surface area contributed by atoms with E-state index in [0.717, 1.165) is 5.56 Å². The van der Waals surface area contributed by atoms with E-state index in [9.17, 15) is 8.42 Å². The fourth-order valence-electron chi connectivity index (χ4n) is 2.62. The molecular weight excluding hydrogens is 435 g/mol. The molecule has 4 aromatic rings. The number of oxazole rings is 1. The van der Waals surface area contributed by atoms with Gasteiger partial charge in [-0.05, 0) is 54.1 Å². The van der Waals surface area contributed by atoms with E-state index in [2.05, 4.69) is 10.3 Å². The lowest BCUT2D eigenvalue weighted by Crippen LogP contribution is -2.07. The molecule has 0 aliphatic heterocycles. The topological polar surface area (TPSA) is 85.3 Å². The number of nitrogens with one attached hydrogen (secondary N) is 1. The van der Waals surface area contributed by atoms with E-state index in [1.54, 1.807) is 24.3 Å². The summed E-state index contributed by atoms with van der Waals surface area (Å²) in [7, 11) is -3.96. The first-order valence-corrected chi connectivity index (χ1v) is 10.7. The molecule has 29 heavy (non-hydrogen) atoms. The maximum atomic E-state index is 13.2. The standard InChI is InChI=1S/C20H14Cl2N2O4S/c21-14-5-3-13(4-6-14)12-23-19-20(24-18(28-19)17-2-1-11-27-17)29(25,26)16-9-7-15(22)8-10-16/h1-11,23H,12H2. The molecule has 2 aromatic heterocycles. The van der Waals surface area contributed by atoms with Crippen LogP contribution in [0, 0.1) is 0 Å². The number of halogens is 2. The number of hydrogen-bond donors (Lipinski definition) is 1. The quantitative estimate of drug-likeness (QED) is 0.407. The van der Waals surface area contributed by atoms with Crippen molar-refractivity contribution in [1.29, 1.82) is 0 Å². The second-order valence-electron chi connectivity index (χ2n) is 6.07. The smallest absolute Gasteiger partial charge is 0.266 e. The second kappa shape index (κ2) is 7.94. The normalized spacial score (nSPS) is 11.5. The van der Waals surface area contributed by atoms with Crippen LogP contribution >= 0.6 is 23.2 Å². The van der Waals surface area contributed by atoms with Crippen molar-refractivity contribution in [3.05, 3.63) is 82.5 Å². The third kappa shape index (κ3) is 4.17. The van der Waals surface area contributed by atoms with Gasteiger partial charge >= 0.3 is 0 Å². The molecule has 0 aliphatic carbocycles. The zero-order valence-corrected chi connectivity index (χ0v) is 17.1. The summed E-state index contributed by atoms with van der Waals surface area (Å²) in [5.74, 6) is 0.388. The average molecular weight is 449 g/mol. The van der Waals surface area contributed by atoms with Gasteiger partial charge in [0, 0.05) is 16.6 Å². The van der Waals surface area contributed by atoms with Crippen LogP contribution in [-0.4, -0.2) is 13.4 Å². The monoisotopic (exact) mass is 448 g/mol. The number of anilines is 1. The highest BCUT2D eigenvalue weighted by atomic mass is 35.5. The lowest BCUT2D eigenvalue weighted by Gasteiger charge is -2.06. The zero-order valence-electron chi connectivity index (χ0n) is 14.8. The second-order valence-corrected chi connectivity index (χ2v) is 8.81. The fraction of sp³-hybridized carbons (Fsp3) is 0.0500. The van der Waals surface area contributed by atoms with Gasteiger partial charge in [0.2, 0.25) is 20.7 Å². The van der Waals surface area contributed by atoms with E-state index in [0.29, 0.717) is 22.4 Å². The Bertz CT molecular complexity index is 1220. The summed E-state index contributed by atoms with van der Waals surface area (Å²) in [5, 5.41) is 3.81. The summed E-state index contributed by atoms with van der Waals surface area (Å²) in [6, 6.07) is 16.3. The first-order valence-electron chi connectivity index (χ1n) is 8.47. The Morgan fingerprint density at radius 2 is 1.59 bits per heavy atom. The molecule has 2 heterocycles. The number of furan rings is 1. The van der Waals surface area contributed by atoms with Crippen LogP contribution < -0.4 is 5.32 Å². The summed E-state index contributed by atoms with van der Waals surface area (Å²) in [5.41, 5.74) is 0.889. The molecular formula is C20H14Cl2N2O4S. The third-order valence-corrected chi connectivity index (χ3v) is 6.26. The van der Waals surface area contributed by atoms with E-state index < -0.39 is 9.84 Å². The lowest BCUT2D eigenvalue weighted by molar-refractivity contribution is 0.522. The Hall–Kier alpha value is -2.74. The predicted octanol–water partition coefficient (Wildman–Crippen LogP) is 5.69. The summed E-state index contributed by atoms with van der Waals surface area (Å²) >= 11 is 11.8. The van der Waals surface area contributed by atoms with Crippen LogP contribution in [0.1, 0.15) is 5.56 Å². The minimum absolute atomic E-state index is 0.0151. The maximum absolute atomic E-state index is 13.2. The highest BCUT2D eigenvalue weighted by Gasteiger charge is 2.29. The highest BCUT2D eigenvalue weighted by Crippen LogP contribution is 2.33. The van der Waals surface area contributed by atoms with Crippen LogP contribution in [0.4, 0.5) is 5.88 Å². The molecule has 2 aromatic carbocycles. The molecule has 0 fully saturated rings. The van der Waals surface area contributed by atoms with Crippen molar-refractivity contribution in [2.24, 2.45) is 0 Å². The van der Waals surface area contributed by atoms with Crippen LogP contribution in [0.15, 0.2) is 85.7 Å². The van der Waals surface area contributed by atoms with E-state index in [1.165, 1.54) is 30.5 Å². The number of aromatic nitrogens is 1. The molecule has 6 nitrogen and oxygen atoms in total. The van der Waals surface area contributed by atoms with Crippen molar-refractivity contribution in [2.75, 3.05) is 5.32 Å². The summed E-state index contributed by atoms with van der Waals surface area (Å²) < 4.78 is 37.3. The van der Waals surface area contributed by atoms with Crippen LogP contribution in [0.5, 0.6) is 0 Å². The van der Waals surface area contributed by atoms with Crippen molar-refractivity contribution in [3.8, 4) is 11.7 Å². The zero-order chi connectivity index (χ0) is 20.4. The van der Waals surface area contributed by atoms with E-state index in [1.807, 2.05) is 12.1 Å². The lowest BCUT2D eigenvalue weighted by atomic mass is 10.2. The fourth-order valence-corrected chi connectivity index (χ4v) is 4.15. The molecule has 1 N–H and O–H groups in total. The van der Waals surface area contributed by atoms with Gasteiger partial charge in [-0.25, -0.2) is 8.42 Å². The van der Waals surface area contributed by atoms with Crippen LogP contribution in [0.25, 0.3) is 11.7 Å². The number of nitrogens with zero attached hydrogens (tertiary/aromatic N) is 1. The summed E-state index contributed by atoms with van der Waals surface area (Å²) in [4.78, 5) is 4.24. The minimum atomic E-state index is -3.96. The molecule has 0 spiro atoms. The van der Waals surface area contributed by atoms with Crippen molar-refractivity contribution < 1.29 is 17.3 Å². The molecule has 0 amide bonds. The molecule has 0 saturated heterocycles. The molecule has 0 bridgehead atoms. The molecule has 0 unspecified atom stereocenters. The molecule has 148 valence electrons. The van der Waals surface area contributed by atoms with Gasteiger partial charge in [-0.15, -0.1) is 0 Å². The first kappa shape index (κ1) is 19.6. The molecule has 0 atom stereocenters. The van der Waals surface area contributed by atoms with Crippen molar-refractivity contribution in [3.63, 3.8) is 0 Å². The van der Waals surface area contributed by atoms with Gasteiger partial charge in [0.05, 0.1) is 11.2 Å². The minimum Gasteiger partial charge on any atom is -0.459 e.